The number of carbonyl (C=O) groups excluding carboxylic acids is 2. The molecule has 3 aliphatic heterocycles. The highest BCUT2D eigenvalue weighted by Crippen LogP contribution is 2.38. The van der Waals surface area contributed by atoms with E-state index < -0.39 is 117 Å². The summed E-state index contributed by atoms with van der Waals surface area (Å²) in [5.41, 5.74) is 3.33. The number of halogens is 18. The number of aliphatic carboxylic acids is 1. The van der Waals surface area contributed by atoms with Gasteiger partial charge < -0.3 is 20.7 Å². The summed E-state index contributed by atoms with van der Waals surface area (Å²) in [4.78, 5) is 42.2. The van der Waals surface area contributed by atoms with Crippen LogP contribution >= 0.6 is 35.6 Å². The van der Waals surface area contributed by atoms with E-state index in [0.29, 0.717) is 41.4 Å². The van der Waals surface area contributed by atoms with Crippen molar-refractivity contribution in [3.05, 3.63) is 218 Å². The number of carboxylic acid groups (broad SMARTS) is 1. The molecule has 4 aromatic carbocycles. The van der Waals surface area contributed by atoms with Crippen molar-refractivity contribution >= 4 is 88.1 Å². The fourth-order valence-electron chi connectivity index (χ4n) is 9.84. The van der Waals surface area contributed by atoms with E-state index in [4.69, 9.17) is 34.2 Å². The SMILES string of the molecule is Cc1c(Cl)c(C(F)(F)F)nn1CC(=O)N1CCCC2C1C=NN2c1ccc(F)cc1F.Cc1c(Cl)c(C(F)(F)F)nn1CC(=O)O.Cl.Fc1ccc(-n2ncc3c2CCCN3)c(F)c1.Fc1ccc(-n2ncc3ncccc32)c(F)c1.NNc1ccc(F)cc1F.O=Cc1ncccc1F. The van der Waals surface area contributed by atoms with Gasteiger partial charge in [-0.25, -0.2) is 48.9 Å². The number of anilines is 3. The molecule has 0 radical (unpaired) electrons. The molecular formula is C62H52Cl3F15N16O4. The molecule has 0 bridgehead atoms. The summed E-state index contributed by atoms with van der Waals surface area (Å²) in [6.07, 6.45) is 1.72. The molecule has 6 aromatic heterocycles. The van der Waals surface area contributed by atoms with Crippen LogP contribution in [0.15, 0.2) is 127 Å². The molecule has 530 valence electrons. The first-order chi connectivity index (χ1) is 46.9. The van der Waals surface area contributed by atoms with E-state index in [0.717, 1.165) is 71.8 Å². The minimum atomic E-state index is -4.73. The van der Waals surface area contributed by atoms with Gasteiger partial charge in [-0.15, -0.1) is 12.4 Å². The molecule has 1 saturated heterocycles. The van der Waals surface area contributed by atoms with Crippen molar-refractivity contribution in [1.29, 1.82) is 0 Å². The first-order valence-corrected chi connectivity index (χ1v) is 29.5. The van der Waals surface area contributed by atoms with Gasteiger partial charge in [0.05, 0.1) is 74.2 Å². The number of hydrazone groups is 1. The van der Waals surface area contributed by atoms with Crippen LogP contribution in [0.25, 0.3) is 22.4 Å². The number of nitrogens with zero attached hydrogens (tertiary/aromatic N) is 13. The van der Waals surface area contributed by atoms with Crippen LogP contribution in [0.4, 0.5) is 82.9 Å². The van der Waals surface area contributed by atoms with Gasteiger partial charge >= 0.3 is 18.3 Å². The molecule has 5 N–H and O–H groups in total. The van der Waals surface area contributed by atoms with Gasteiger partial charge in [0.1, 0.15) is 58.9 Å². The molecular weight excluding hydrogens is 1420 g/mol. The molecule has 0 spiro atoms. The van der Waals surface area contributed by atoms with Gasteiger partial charge in [-0.2, -0.15) is 51.8 Å². The summed E-state index contributed by atoms with van der Waals surface area (Å²) in [5, 5.41) is 30.9. The Morgan fingerprint density at radius 1 is 0.670 bits per heavy atom. The Kier molecular flexibility index (Phi) is 25.9. The molecule has 3 aliphatic rings. The number of aromatic nitrogens is 10. The molecule has 0 saturated carbocycles. The first-order valence-electron chi connectivity index (χ1n) is 28.8. The summed E-state index contributed by atoms with van der Waals surface area (Å²) in [6, 6.07) is 18.4. The van der Waals surface area contributed by atoms with Crippen molar-refractivity contribution in [2.75, 3.05) is 28.8 Å². The number of hydrogen-bond donors (Lipinski definition) is 4. The van der Waals surface area contributed by atoms with Gasteiger partial charge in [-0.3, -0.25) is 44.6 Å². The second-order valence-electron chi connectivity index (χ2n) is 21.1. The number of carboxylic acids is 1. The lowest BCUT2D eigenvalue weighted by molar-refractivity contribution is -0.143. The Balaban J connectivity index is 0.000000177. The van der Waals surface area contributed by atoms with Crippen LogP contribution in [-0.4, -0.2) is 109 Å². The predicted octanol–water partition coefficient (Wildman–Crippen LogP) is 13.9. The normalized spacial score (nSPS) is 14.3. The Morgan fingerprint density at radius 2 is 1.19 bits per heavy atom. The van der Waals surface area contributed by atoms with Crippen molar-refractivity contribution in [1.82, 2.24) is 54.0 Å². The molecule has 2 unspecified atom stereocenters. The number of pyridine rings is 2. The van der Waals surface area contributed by atoms with E-state index in [2.05, 4.69) is 46.2 Å². The third-order valence-electron chi connectivity index (χ3n) is 14.5. The lowest BCUT2D eigenvalue weighted by atomic mass is 9.97. The van der Waals surface area contributed by atoms with Crippen molar-refractivity contribution < 1.29 is 85.3 Å². The van der Waals surface area contributed by atoms with Crippen LogP contribution in [-0.2, 0) is 41.5 Å². The molecule has 13 rings (SSSR count). The van der Waals surface area contributed by atoms with Crippen LogP contribution in [0, 0.1) is 66.2 Å². The summed E-state index contributed by atoms with van der Waals surface area (Å²) < 4.78 is 198. The number of amides is 1. The van der Waals surface area contributed by atoms with Crippen molar-refractivity contribution in [2.24, 2.45) is 10.9 Å². The lowest BCUT2D eigenvalue weighted by Crippen LogP contribution is -2.54. The van der Waals surface area contributed by atoms with Crippen molar-refractivity contribution in [3.63, 3.8) is 0 Å². The molecule has 0 aliphatic carbocycles. The number of aldehydes is 1. The lowest BCUT2D eigenvalue weighted by Gasteiger charge is -2.39. The largest absolute Gasteiger partial charge is 0.480 e. The highest BCUT2D eigenvalue weighted by molar-refractivity contribution is 6.32. The van der Waals surface area contributed by atoms with Crippen LogP contribution in [0.3, 0.4) is 0 Å². The fourth-order valence-corrected chi connectivity index (χ4v) is 10.3. The van der Waals surface area contributed by atoms with Gasteiger partial charge in [0, 0.05) is 56.0 Å². The van der Waals surface area contributed by atoms with Gasteiger partial charge in [0.25, 0.3) is 0 Å². The number of nitrogen functional groups attached to an aromatic ring is 1. The third kappa shape index (κ3) is 18.7. The van der Waals surface area contributed by atoms with Gasteiger partial charge in [0.15, 0.2) is 46.8 Å². The quantitative estimate of drug-likeness (QED) is 0.0455. The number of carbonyl (C=O) groups is 3. The average Bonchev–Trinajstić information content (AvgIpc) is 1.62. The van der Waals surface area contributed by atoms with E-state index in [1.165, 1.54) is 100 Å². The summed E-state index contributed by atoms with van der Waals surface area (Å²) in [5.74, 6) is -2.67. The Morgan fingerprint density at radius 3 is 1.70 bits per heavy atom. The van der Waals surface area contributed by atoms with Gasteiger partial charge in [0.2, 0.25) is 5.91 Å². The van der Waals surface area contributed by atoms with Crippen LogP contribution in [0.2, 0.25) is 10.0 Å². The maximum Gasteiger partial charge on any atom is 0.436 e. The molecule has 10 aromatic rings. The molecule has 2 atom stereocenters. The Hall–Kier alpha value is -10.3. The Bertz CT molecular complexity index is 4570. The zero-order valence-corrected chi connectivity index (χ0v) is 53.7. The first kappa shape index (κ1) is 77.1. The maximum absolute atomic E-state index is 14.2. The van der Waals surface area contributed by atoms with E-state index in [1.807, 2.05) is 0 Å². The minimum absolute atomic E-state index is 0. The Labute approximate surface area is 571 Å². The van der Waals surface area contributed by atoms with E-state index in [9.17, 15) is 80.2 Å². The topological polar surface area (TPSA) is 237 Å². The minimum Gasteiger partial charge on any atom is -0.480 e. The van der Waals surface area contributed by atoms with Crippen LogP contribution in [0.5, 0.6) is 0 Å². The number of nitrogens with two attached hydrogens (primary N) is 1. The fraction of sp³-hybridized carbons (Fsp3) is 0.226. The zero-order valence-electron chi connectivity index (χ0n) is 51.4. The second-order valence-corrected chi connectivity index (χ2v) is 21.8. The number of nitrogens with one attached hydrogen (secondary N) is 2. The van der Waals surface area contributed by atoms with E-state index in [1.54, 1.807) is 24.5 Å². The average molecular weight is 1480 g/mol. The number of alkyl halides is 6. The highest BCUT2D eigenvalue weighted by Gasteiger charge is 2.43. The van der Waals surface area contributed by atoms with Gasteiger partial charge in [-0.1, -0.05) is 23.2 Å². The number of likely N-dealkylation sites (tertiary alicyclic amines) is 1. The monoisotopic (exact) mass is 1470 g/mol. The molecule has 9 heterocycles. The zero-order chi connectivity index (χ0) is 72.2. The number of fused-ring (bicyclic) bond motifs is 3. The predicted molar refractivity (Wildman–Crippen MR) is 338 cm³/mol. The number of piperidine rings is 1. The maximum atomic E-state index is 14.2. The molecule has 100 heavy (non-hydrogen) atoms. The van der Waals surface area contributed by atoms with Crippen molar-refractivity contribution in [2.45, 2.75) is 77.1 Å². The number of benzene rings is 4. The number of rotatable bonds is 9. The highest BCUT2D eigenvalue weighted by atomic mass is 35.5. The third-order valence-corrected chi connectivity index (χ3v) is 15.4. The molecule has 38 heteroatoms. The molecule has 1 amide bonds. The second kappa shape index (κ2) is 33.5. The van der Waals surface area contributed by atoms with Crippen LogP contribution in [0.1, 0.15) is 58.2 Å². The summed E-state index contributed by atoms with van der Waals surface area (Å²) >= 11 is 11.1. The molecule has 20 nitrogen and oxygen atoms in total. The number of hydrazine groups is 1. The summed E-state index contributed by atoms with van der Waals surface area (Å²) in [6.45, 7) is 2.82. The van der Waals surface area contributed by atoms with Gasteiger partial charge in [-0.05, 0) is 112 Å². The molecule has 1 fully saturated rings. The van der Waals surface area contributed by atoms with E-state index >= 15 is 0 Å². The standard InChI is InChI=1S/C19H17ClF5N5O.C12H11F2N3.C12H7F2N3.C7H6ClF3N2O2.C6H6F2N2.C6H4FNO.ClH/c1-10-17(20)18(19(23,24)25)27-29(10)9-16(31)28-6-2-3-14-15(28)8-26-30(14)13-5-4-11(21)7-12(13)22;2*13-8-3-4-11(9(14)6-8)17-12-2-1-5-15-10(12)7-16-17;1-3-5(8)6(7(9,10)11)12-13(3)2-4(14)15;7-4-1-2-6(10-9)5(8)3-4;7-5-2-1-3-8-6(5)4-9;/h4-5,7-8,14-15H,2-3,6,9H2,1H3;3-4,6-7,15H,1-2,5H2;1-7H;2H2,1H3,(H,14,15);1-3,10H,9H2;1-4H;1H. The smallest absolute Gasteiger partial charge is 0.436 e. The van der Waals surface area contributed by atoms with Crippen LogP contribution < -0.4 is 21.6 Å². The van der Waals surface area contributed by atoms with Crippen molar-refractivity contribution in [3.8, 4) is 11.4 Å². The number of hydrogen-bond acceptors (Lipinski definition) is 14. The summed E-state index contributed by atoms with van der Waals surface area (Å²) in [7, 11) is 0. The van der Waals surface area contributed by atoms with E-state index in [-0.39, 0.29) is 58.3 Å².